The van der Waals surface area contributed by atoms with Gasteiger partial charge in [0.2, 0.25) is 6.08 Å². The van der Waals surface area contributed by atoms with Crippen LogP contribution in [0.25, 0.3) is 0 Å². The first-order valence-electron chi connectivity index (χ1n) is 5.52. The Morgan fingerprint density at radius 1 is 1.24 bits per heavy atom. The molecule has 0 aliphatic heterocycles. The molecule has 0 aromatic heterocycles. The minimum absolute atomic E-state index is 0.264. The zero-order valence-corrected chi connectivity index (χ0v) is 11.7. The van der Waals surface area contributed by atoms with Crippen LogP contribution < -0.4 is 0 Å². The molecule has 0 spiro atoms. The number of benzene rings is 1. The Morgan fingerprint density at radius 3 is 2.29 bits per heavy atom. The van der Waals surface area contributed by atoms with Gasteiger partial charge in [-0.1, -0.05) is 15.9 Å². The van der Waals surface area contributed by atoms with Gasteiger partial charge in [-0.2, -0.15) is 4.99 Å². The van der Waals surface area contributed by atoms with Gasteiger partial charge in [-0.3, -0.25) is 0 Å². The van der Waals surface area contributed by atoms with Gasteiger partial charge in [-0.25, -0.2) is 4.79 Å². The van der Waals surface area contributed by atoms with Crippen molar-refractivity contribution in [3.63, 3.8) is 0 Å². The van der Waals surface area contributed by atoms with Gasteiger partial charge in [0.25, 0.3) is 0 Å². The Morgan fingerprint density at radius 2 is 1.82 bits per heavy atom. The highest BCUT2D eigenvalue weighted by Gasteiger charge is 2.48. The lowest BCUT2D eigenvalue weighted by Crippen LogP contribution is -2.08. The van der Waals surface area contributed by atoms with E-state index < -0.39 is 5.54 Å². The number of aromatic hydroxyl groups is 1. The van der Waals surface area contributed by atoms with E-state index in [1.165, 1.54) is 0 Å². The molecule has 1 aromatic rings. The van der Waals surface area contributed by atoms with E-state index in [0.29, 0.717) is 0 Å². The molecular weight excluding hydrogens is 282 g/mol. The summed E-state index contributed by atoms with van der Waals surface area (Å²) in [5.74, 6) is 0.264. The van der Waals surface area contributed by atoms with Gasteiger partial charge in [-0.05, 0) is 50.3 Å². The van der Waals surface area contributed by atoms with Gasteiger partial charge in [-0.15, -0.1) is 0 Å². The van der Waals surface area contributed by atoms with Gasteiger partial charge in [0.1, 0.15) is 11.3 Å². The average molecular weight is 296 g/mol. The van der Waals surface area contributed by atoms with Crippen molar-refractivity contribution >= 4 is 22.0 Å². The Kier molecular flexibility index (Phi) is 2.88. The topological polar surface area (TPSA) is 49.7 Å². The average Bonchev–Trinajstić information content (AvgIpc) is 3.05. The molecule has 0 radical (unpaired) electrons. The summed E-state index contributed by atoms with van der Waals surface area (Å²) in [5.41, 5.74) is 3.06. The number of rotatable bonds is 2. The molecule has 90 valence electrons. The predicted molar refractivity (Wildman–Crippen MR) is 69.1 cm³/mol. The number of phenolic OH excluding ortho intramolecular Hbond substituents is 1. The number of hydrogen-bond acceptors (Lipinski definition) is 3. The van der Waals surface area contributed by atoms with E-state index >= 15 is 0 Å². The number of phenols is 1. The highest BCUT2D eigenvalue weighted by molar-refractivity contribution is 9.10. The van der Waals surface area contributed by atoms with Gasteiger partial charge < -0.3 is 5.11 Å². The molecule has 4 heteroatoms. The molecule has 1 aliphatic carbocycles. The first-order valence-corrected chi connectivity index (χ1v) is 6.31. The predicted octanol–water partition coefficient (Wildman–Crippen LogP) is 3.40. The van der Waals surface area contributed by atoms with Crippen LogP contribution in [0.15, 0.2) is 9.47 Å². The minimum atomic E-state index is -0.531. The molecule has 1 N–H and O–H groups in total. The number of isocyanates is 1. The summed E-state index contributed by atoms with van der Waals surface area (Å²) in [6.45, 7) is 5.77. The fourth-order valence-corrected chi connectivity index (χ4v) is 2.79. The van der Waals surface area contributed by atoms with Crippen LogP contribution >= 0.6 is 15.9 Å². The highest BCUT2D eigenvalue weighted by Crippen LogP contribution is 2.55. The van der Waals surface area contributed by atoms with Crippen molar-refractivity contribution in [3.05, 3.63) is 26.7 Å². The molecule has 1 aliphatic rings. The number of aliphatic imine (C=N–C) groups is 1. The first-order chi connectivity index (χ1) is 7.94. The summed E-state index contributed by atoms with van der Waals surface area (Å²) < 4.78 is 0.982. The van der Waals surface area contributed by atoms with Gasteiger partial charge in [0.15, 0.2) is 0 Å². The fraction of sp³-hybridized carbons (Fsp3) is 0.462. The molecule has 1 saturated carbocycles. The molecular formula is C13H14BrNO2. The molecule has 1 aromatic carbocycles. The van der Waals surface area contributed by atoms with E-state index in [1.54, 1.807) is 6.08 Å². The third-order valence-corrected chi connectivity index (χ3v) is 4.83. The Hall–Kier alpha value is -1.12. The quantitative estimate of drug-likeness (QED) is 0.671. The van der Waals surface area contributed by atoms with Crippen LogP contribution in [0.5, 0.6) is 5.75 Å². The van der Waals surface area contributed by atoms with Crippen molar-refractivity contribution in [1.29, 1.82) is 0 Å². The summed E-state index contributed by atoms with van der Waals surface area (Å²) in [6.07, 6.45) is 3.22. The van der Waals surface area contributed by atoms with Crippen molar-refractivity contribution in [1.82, 2.24) is 0 Å². The largest absolute Gasteiger partial charge is 0.507 e. The third-order valence-electron chi connectivity index (χ3n) is 3.64. The maximum atomic E-state index is 10.5. The van der Waals surface area contributed by atoms with E-state index in [0.717, 1.165) is 39.6 Å². The fourth-order valence-electron chi connectivity index (χ4n) is 2.29. The van der Waals surface area contributed by atoms with Gasteiger partial charge >= 0.3 is 0 Å². The maximum Gasteiger partial charge on any atom is 0.235 e. The molecule has 0 heterocycles. The monoisotopic (exact) mass is 295 g/mol. The Labute approximate surface area is 109 Å². The Bertz CT molecular complexity index is 512. The van der Waals surface area contributed by atoms with Crippen molar-refractivity contribution < 1.29 is 9.90 Å². The molecule has 0 bridgehead atoms. The van der Waals surface area contributed by atoms with E-state index in [-0.39, 0.29) is 5.75 Å². The summed E-state index contributed by atoms with van der Waals surface area (Å²) in [6, 6.07) is 0. The molecule has 0 atom stereocenters. The zero-order chi connectivity index (χ0) is 12.8. The number of carbonyl (C=O) groups excluding carboxylic acids is 1. The van der Waals surface area contributed by atoms with E-state index in [2.05, 4.69) is 20.9 Å². The third kappa shape index (κ3) is 1.72. The molecule has 0 unspecified atom stereocenters. The number of halogens is 1. The lowest BCUT2D eigenvalue weighted by Gasteiger charge is -2.19. The summed E-state index contributed by atoms with van der Waals surface area (Å²) >= 11 is 3.53. The van der Waals surface area contributed by atoms with Crippen LogP contribution in [0.4, 0.5) is 0 Å². The molecule has 17 heavy (non-hydrogen) atoms. The standard InChI is InChI=1S/C13H14BrNO2/c1-7-8(2)12(17)10(9(3)11(7)14)13(4-5-13)15-6-16/h17H,4-5H2,1-3H3. The smallest absolute Gasteiger partial charge is 0.235 e. The van der Waals surface area contributed by atoms with E-state index in [4.69, 9.17) is 0 Å². The second-order valence-electron chi connectivity index (χ2n) is 4.65. The van der Waals surface area contributed by atoms with Crippen molar-refractivity contribution in [2.45, 2.75) is 39.2 Å². The highest BCUT2D eigenvalue weighted by atomic mass is 79.9. The van der Waals surface area contributed by atoms with Crippen molar-refractivity contribution in [2.75, 3.05) is 0 Å². The Balaban J connectivity index is 2.75. The summed E-state index contributed by atoms with van der Waals surface area (Å²) in [5, 5.41) is 10.3. The zero-order valence-electron chi connectivity index (χ0n) is 10.1. The summed E-state index contributed by atoms with van der Waals surface area (Å²) in [7, 11) is 0. The maximum absolute atomic E-state index is 10.5. The van der Waals surface area contributed by atoms with Crippen LogP contribution in [-0.2, 0) is 10.3 Å². The number of hydrogen-bond donors (Lipinski definition) is 1. The normalized spacial score (nSPS) is 16.5. The van der Waals surface area contributed by atoms with Crippen LogP contribution in [0.1, 0.15) is 35.1 Å². The molecule has 0 saturated heterocycles. The second-order valence-corrected chi connectivity index (χ2v) is 5.44. The number of nitrogens with zero attached hydrogens (tertiary/aromatic N) is 1. The molecule has 1 fully saturated rings. The molecule has 0 amide bonds. The van der Waals surface area contributed by atoms with Crippen LogP contribution in [-0.4, -0.2) is 11.2 Å². The minimum Gasteiger partial charge on any atom is -0.507 e. The van der Waals surface area contributed by atoms with Crippen LogP contribution in [0.3, 0.4) is 0 Å². The van der Waals surface area contributed by atoms with Crippen LogP contribution in [0.2, 0.25) is 0 Å². The van der Waals surface area contributed by atoms with Crippen molar-refractivity contribution in [2.24, 2.45) is 4.99 Å². The van der Waals surface area contributed by atoms with Gasteiger partial charge in [0.05, 0.1) is 0 Å². The second kappa shape index (κ2) is 3.97. The molecule has 2 rings (SSSR count). The van der Waals surface area contributed by atoms with E-state index in [1.807, 2.05) is 20.8 Å². The first kappa shape index (κ1) is 12.3. The van der Waals surface area contributed by atoms with E-state index in [9.17, 15) is 9.90 Å². The lowest BCUT2D eigenvalue weighted by atomic mass is 9.93. The SMILES string of the molecule is Cc1c(C)c(Br)c(C)c(C2(N=C=O)CC2)c1O. The van der Waals surface area contributed by atoms with Gasteiger partial charge in [0, 0.05) is 10.0 Å². The van der Waals surface area contributed by atoms with Crippen molar-refractivity contribution in [3.8, 4) is 5.75 Å². The lowest BCUT2D eigenvalue weighted by molar-refractivity contribution is 0.453. The summed E-state index contributed by atoms with van der Waals surface area (Å²) in [4.78, 5) is 14.4. The van der Waals surface area contributed by atoms with Crippen LogP contribution in [0, 0.1) is 20.8 Å². The molecule has 3 nitrogen and oxygen atoms in total.